The Balaban J connectivity index is 2.12. The Bertz CT molecular complexity index is 533. The number of carbonyl (C=O) groups is 2. The van der Waals surface area contributed by atoms with E-state index in [1.165, 1.54) is 4.90 Å². The van der Waals surface area contributed by atoms with Gasteiger partial charge in [0.1, 0.15) is 6.61 Å². The first kappa shape index (κ1) is 16.3. The van der Waals surface area contributed by atoms with E-state index in [-0.39, 0.29) is 19.6 Å². The van der Waals surface area contributed by atoms with E-state index >= 15 is 0 Å². The number of carboxylic acids is 1. The van der Waals surface area contributed by atoms with Crippen molar-refractivity contribution in [2.75, 3.05) is 13.2 Å². The monoisotopic (exact) mass is 307 g/mol. The number of rotatable bonds is 5. The Kier molecular flexibility index (Phi) is 5.03. The summed E-state index contributed by atoms with van der Waals surface area (Å²) in [6, 6.07) is 9.27. The maximum atomic E-state index is 12.4. The number of carboxylic acid groups (broad SMARTS) is 1. The van der Waals surface area contributed by atoms with Gasteiger partial charge in [-0.15, -0.1) is 0 Å². The normalized spacial score (nSPS) is 24.0. The van der Waals surface area contributed by atoms with E-state index in [0.29, 0.717) is 6.61 Å². The van der Waals surface area contributed by atoms with Gasteiger partial charge >= 0.3 is 12.1 Å². The highest BCUT2D eigenvalue weighted by Crippen LogP contribution is 2.33. The number of hydrogen-bond donors (Lipinski definition) is 1. The summed E-state index contributed by atoms with van der Waals surface area (Å²) in [7, 11) is 0. The molecule has 1 aromatic rings. The van der Waals surface area contributed by atoms with Crippen molar-refractivity contribution in [3.05, 3.63) is 35.9 Å². The standard InChI is InChI=1S/C16H21NO5/c1-3-17(16(14(18)19)9-10-21-12(16)2)15(20)22-11-13-7-5-4-6-8-13/h4-8,12H,3,9-11H2,1-2H3,(H,18,19). The molecular formula is C16H21NO5. The van der Waals surface area contributed by atoms with Gasteiger partial charge in [0, 0.05) is 13.0 Å². The number of aliphatic carboxylic acids is 1. The molecule has 1 fully saturated rings. The van der Waals surface area contributed by atoms with E-state index < -0.39 is 23.7 Å². The second-order valence-corrected chi connectivity index (χ2v) is 5.28. The molecule has 120 valence electrons. The number of benzene rings is 1. The smallest absolute Gasteiger partial charge is 0.411 e. The molecule has 2 rings (SSSR count). The highest BCUT2D eigenvalue weighted by molar-refractivity contribution is 5.85. The van der Waals surface area contributed by atoms with Crippen molar-refractivity contribution >= 4 is 12.1 Å². The summed E-state index contributed by atoms with van der Waals surface area (Å²) in [6.45, 7) is 4.08. The van der Waals surface area contributed by atoms with Crippen molar-refractivity contribution in [2.24, 2.45) is 0 Å². The van der Waals surface area contributed by atoms with Gasteiger partial charge in [-0.25, -0.2) is 9.59 Å². The molecular weight excluding hydrogens is 286 g/mol. The van der Waals surface area contributed by atoms with Crippen LogP contribution in [0.3, 0.4) is 0 Å². The van der Waals surface area contributed by atoms with Crippen LogP contribution in [0.15, 0.2) is 30.3 Å². The molecule has 6 heteroatoms. The van der Waals surface area contributed by atoms with Crippen LogP contribution < -0.4 is 0 Å². The highest BCUT2D eigenvalue weighted by atomic mass is 16.6. The summed E-state index contributed by atoms with van der Waals surface area (Å²) < 4.78 is 10.7. The minimum Gasteiger partial charge on any atom is -0.479 e. The van der Waals surface area contributed by atoms with Gasteiger partial charge in [-0.1, -0.05) is 30.3 Å². The van der Waals surface area contributed by atoms with Crippen molar-refractivity contribution in [3.8, 4) is 0 Å². The highest BCUT2D eigenvalue weighted by Gasteiger charge is 2.54. The SMILES string of the molecule is CCN(C(=O)OCc1ccccc1)C1(C(=O)O)CCOC1C. The second-order valence-electron chi connectivity index (χ2n) is 5.28. The fraction of sp³-hybridized carbons (Fsp3) is 0.500. The third kappa shape index (κ3) is 2.92. The maximum absolute atomic E-state index is 12.4. The van der Waals surface area contributed by atoms with Crippen LogP contribution in [-0.2, 0) is 20.9 Å². The molecule has 6 nitrogen and oxygen atoms in total. The molecule has 1 heterocycles. The number of ether oxygens (including phenoxy) is 2. The topological polar surface area (TPSA) is 76.1 Å². The molecule has 1 aliphatic heterocycles. The van der Waals surface area contributed by atoms with Gasteiger partial charge < -0.3 is 14.6 Å². The Hall–Kier alpha value is -2.08. The lowest BCUT2D eigenvalue weighted by molar-refractivity contribution is -0.153. The van der Waals surface area contributed by atoms with Gasteiger partial charge in [0.2, 0.25) is 0 Å². The molecule has 1 N–H and O–H groups in total. The fourth-order valence-corrected chi connectivity index (χ4v) is 2.85. The molecule has 1 amide bonds. The summed E-state index contributed by atoms with van der Waals surface area (Å²) in [5.74, 6) is -1.06. The zero-order chi connectivity index (χ0) is 16.2. The molecule has 1 saturated heterocycles. The molecule has 0 spiro atoms. The molecule has 0 aliphatic carbocycles. The van der Waals surface area contributed by atoms with Crippen LogP contribution in [0.25, 0.3) is 0 Å². The average Bonchev–Trinajstić information content (AvgIpc) is 2.90. The molecule has 2 atom stereocenters. The minimum atomic E-state index is -1.36. The Morgan fingerprint density at radius 3 is 2.59 bits per heavy atom. The second kappa shape index (κ2) is 6.79. The molecule has 1 aromatic carbocycles. The lowest BCUT2D eigenvalue weighted by atomic mass is 9.90. The summed E-state index contributed by atoms with van der Waals surface area (Å²) in [5, 5.41) is 9.64. The number of hydrogen-bond acceptors (Lipinski definition) is 4. The van der Waals surface area contributed by atoms with Crippen molar-refractivity contribution in [2.45, 2.75) is 38.5 Å². The van der Waals surface area contributed by atoms with Crippen LogP contribution >= 0.6 is 0 Å². The predicted molar refractivity (Wildman–Crippen MR) is 79.4 cm³/mol. The largest absolute Gasteiger partial charge is 0.479 e. The lowest BCUT2D eigenvalue weighted by Crippen LogP contribution is -2.61. The van der Waals surface area contributed by atoms with Crippen molar-refractivity contribution < 1.29 is 24.2 Å². The van der Waals surface area contributed by atoms with Gasteiger partial charge in [-0.05, 0) is 19.4 Å². The van der Waals surface area contributed by atoms with E-state index in [1.807, 2.05) is 30.3 Å². The first-order valence-electron chi connectivity index (χ1n) is 7.35. The fourth-order valence-electron chi connectivity index (χ4n) is 2.85. The Labute approximate surface area is 129 Å². The van der Waals surface area contributed by atoms with Crippen molar-refractivity contribution in [1.29, 1.82) is 0 Å². The third-order valence-corrected chi connectivity index (χ3v) is 4.12. The number of amides is 1. The molecule has 1 aliphatic rings. The van der Waals surface area contributed by atoms with Crippen LogP contribution in [0.5, 0.6) is 0 Å². The molecule has 0 aromatic heterocycles. The molecule has 0 saturated carbocycles. The Morgan fingerprint density at radius 2 is 2.09 bits per heavy atom. The molecule has 0 bridgehead atoms. The van der Waals surface area contributed by atoms with Crippen molar-refractivity contribution in [3.63, 3.8) is 0 Å². The quantitative estimate of drug-likeness (QED) is 0.903. The van der Waals surface area contributed by atoms with Crippen LogP contribution in [0.2, 0.25) is 0 Å². The van der Waals surface area contributed by atoms with Crippen LogP contribution in [0.1, 0.15) is 25.8 Å². The summed E-state index contributed by atoms with van der Waals surface area (Å²) >= 11 is 0. The van der Waals surface area contributed by atoms with Crippen LogP contribution in [0, 0.1) is 0 Å². The Morgan fingerprint density at radius 1 is 1.41 bits per heavy atom. The molecule has 22 heavy (non-hydrogen) atoms. The van der Waals surface area contributed by atoms with E-state index in [2.05, 4.69) is 0 Å². The van der Waals surface area contributed by atoms with Gasteiger partial charge in [0.15, 0.2) is 5.54 Å². The molecule has 2 unspecified atom stereocenters. The number of likely N-dealkylation sites (N-methyl/N-ethyl adjacent to an activating group) is 1. The van der Waals surface area contributed by atoms with E-state index in [0.717, 1.165) is 5.56 Å². The number of nitrogens with zero attached hydrogens (tertiary/aromatic N) is 1. The molecule has 0 radical (unpaired) electrons. The van der Waals surface area contributed by atoms with Gasteiger partial charge in [0.05, 0.1) is 12.7 Å². The zero-order valence-electron chi connectivity index (χ0n) is 12.8. The predicted octanol–water partition coefficient (Wildman–Crippen LogP) is 2.28. The van der Waals surface area contributed by atoms with E-state index in [9.17, 15) is 14.7 Å². The van der Waals surface area contributed by atoms with Gasteiger partial charge in [-0.3, -0.25) is 4.90 Å². The first-order valence-corrected chi connectivity index (χ1v) is 7.35. The lowest BCUT2D eigenvalue weighted by Gasteiger charge is -2.38. The van der Waals surface area contributed by atoms with Crippen molar-refractivity contribution in [1.82, 2.24) is 4.90 Å². The van der Waals surface area contributed by atoms with Crippen LogP contribution in [0.4, 0.5) is 4.79 Å². The summed E-state index contributed by atoms with van der Waals surface area (Å²) in [5.41, 5.74) is -0.505. The first-order chi connectivity index (χ1) is 10.5. The maximum Gasteiger partial charge on any atom is 0.411 e. The summed E-state index contributed by atoms with van der Waals surface area (Å²) in [6.07, 6.45) is -0.946. The van der Waals surface area contributed by atoms with Gasteiger partial charge in [0.25, 0.3) is 0 Å². The third-order valence-electron chi connectivity index (χ3n) is 4.12. The zero-order valence-corrected chi connectivity index (χ0v) is 12.8. The van der Waals surface area contributed by atoms with E-state index in [4.69, 9.17) is 9.47 Å². The number of carbonyl (C=O) groups excluding carboxylic acids is 1. The van der Waals surface area contributed by atoms with E-state index in [1.54, 1.807) is 13.8 Å². The van der Waals surface area contributed by atoms with Gasteiger partial charge in [-0.2, -0.15) is 0 Å². The average molecular weight is 307 g/mol. The summed E-state index contributed by atoms with van der Waals surface area (Å²) in [4.78, 5) is 25.4. The van der Waals surface area contributed by atoms with Crippen LogP contribution in [-0.4, -0.2) is 46.9 Å². The minimum absolute atomic E-state index is 0.112.